The maximum Gasteiger partial charge on any atom is 0.331 e. The Balaban J connectivity index is 1.61. The van der Waals surface area contributed by atoms with Crippen LogP contribution in [0.1, 0.15) is 43.6 Å². The van der Waals surface area contributed by atoms with Crippen molar-refractivity contribution in [2.24, 2.45) is 0 Å². The highest BCUT2D eigenvalue weighted by Crippen LogP contribution is 2.57. The van der Waals surface area contributed by atoms with Crippen molar-refractivity contribution >= 4 is 5.97 Å². The summed E-state index contributed by atoms with van der Waals surface area (Å²) in [5, 5.41) is 0. The molecule has 114 valence electrons. The molecule has 5 rings (SSSR count). The van der Waals surface area contributed by atoms with E-state index in [1.807, 2.05) is 0 Å². The molecular formula is C19H21NO2. The number of piperidine rings is 1. The minimum atomic E-state index is -0.284. The number of carbonyl (C=O) groups excluding carboxylic acids is 1. The molecule has 1 aromatic carbocycles. The highest BCUT2D eigenvalue weighted by molar-refractivity contribution is 5.87. The van der Waals surface area contributed by atoms with Gasteiger partial charge in [0, 0.05) is 24.5 Å². The fraction of sp³-hybridized carbons (Fsp3) is 0.526. The molecule has 4 atom stereocenters. The Bertz CT molecular complexity index is 653. The zero-order valence-corrected chi connectivity index (χ0v) is 12.7. The lowest BCUT2D eigenvalue weighted by molar-refractivity contribution is -0.148. The first kappa shape index (κ1) is 12.9. The molecule has 1 aliphatic carbocycles. The second kappa shape index (κ2) is 4.45. The van der Waals surface area contributed by atoms with Crippen LogP contribution in [0.3, 0.4) is 0 Å². The number of rotatable bonds is 1. The van der Waals surface area contributed by atoms with Crippen molar-refractivity contribution in [3.05, 3.63) is 47.5 Å². The minimum Gasteiger partial charge on any atom is -0.450 e. The quantitative estimate of drug-likeness (QED) is 0.746. The van der Waals surface area contributed by atoms with E-state index in [0.29, 0.717) is 18.0 Å². The maximum atomic E-state index is 12.0. The smallest absolute Gasteiger partial charge is 0.331 e. The standard InChI is InChI=1S/C19H21NO2/c21-18-11-14-10-15(13-6-2-1-3-7-13)16-12-19(14,22-18)17-8-4-5-9-20(16)17/h1-3,6-7,11,15-17H,4-5,8-10,12H2/t15-,16-,17+,19-/m0/s1. The zero-order valence-electron chi connectivity index (χ0n) is 12.7. The Morgan fingerprint density at radius 2 is 2.05 bits per heavy atom. The van der Waals surface area contributed by atoms with E-state index in [1.54, 1.807) is 6.08 Å². The molecule has 0 unspecified atom stereocenters. The van der Waals surface area contributed by atoms with Gasteiger partial charge in [0.1, 0.15) is 0 Å². The number of ether oxygens (including phenoxy) is 1. The van der Waals surface area contributed by atoms with Gasteiger partial charge in [-0.25, -0.2) is 4.79 Å². The largest absolute Gasteiger partial charge is 0.450 e. The van der Waals surface area contributed by atoms with Crippen LogP contribution in [0, 0.1) is 0 Å². The van der Waals surface area contributed by atoms with Crippen LogP contribution in [0.25, 0.3) is 0 Å². The molecule has 3 nitrogen and oxygen atoms in total. The number of benzene rings is 1. The van der Waals surface area contributed by atoms with Crippen molar-refractivity contribution < 1.29 is 9.53 Å². The molecule has 2 saturated heterocycles. The average molecular weight is 295 g/mol. The summed E-state index contributed by atoms with van der Waals surface area (Å²) in [6.45, 7) is 1.16. The average Bonchev–Trinajstić information content (AvgIpc) is 3.03. The van der Waals surface area contributed by atoms with E-state index in [0.717, 1.165) is 19.4 Å². The Morgan fingerprint density at radius 3 is 2.91 bits per heavy atom. The number of esters is 1. The third-order valence-corrected chi connectivity index (χ3v) is 6.27. The van der Waals surface area contributed by atoms with Crippen LogP contribution in [-0.2, 0) is 9.53 Å². The van der Waals surface area contributed by atoms with Gasteiger partial charge in [-0.1, -0.05) is 36.8 Å². The fourth-order valence-electron chi connectivity index (χ4n) is 5.43. The first-order valence-electron chi connectivity index (χ1n) is 8.53. The number of fused-ring (bicyclic) bond motifs is 3. The van der Waals surface area contributed by atoms with Crippen LogP contribution in [0.5, 0.6) is 0 Å². The first-order chi connectivity index (χ1) is 10.8. The molecule has 1 spiro atoms. The summed E-state index contributed by atoms with van der Waals surface area (Å²) in [5.74, 6) is 0.382. The van der Waals surface area contributed by atoms with E-state index in [4.69, 9.17) is 4.74 Å². The topological polar surface area (TPSA) is 29.5 Å². The van der Waals surface area contributed by atoms with Gasteiger partial charge < -0.3 is 4.74 Å². The molecule has 2 bridgehead atoms. The summed E-state index contributed by atoms with van der Waals surface area (Å²) in [5.41, 5.74) is 2.39. The van der Waals surface area contributed by atoms with Crippen molar-refractivity contribution in [2.75, 3.05) is 6.54 Å². The Labute approximate surface area is 130 Å². The second-order valence-electron chi connectivity index (χ2n) is 7.22. The van der Waals surface area contributed by atoms with Gasteiger partial charge in [-0.15, -0.1) is 0 Å². The van der Waals surface area contributed by atoms with E-state index in [2.05, 4.69) is 35.2 Å². The van der Waals surface area contributed by atoms with Gasteiger partial charge >= 0.3 is 5.97 Å². The van der Waals surface area contributed by atoms with E-state index in [-0.39, 0.29) is 11.6 Å². The molecule has 3 heterocycles. The van der Waals surface area contributed by atoms with Gasteiger partial charge in [0.05, 0.1) is 6.04 Å². The highest BCUT2D eigenvalue weighted by atomic mass is 16.6. The van der Waals surface area contributed by atoms with Crippen molar-refractivity contribution in [3.63, 3.8) is 0 Å². The van der Waals surface area contributed by atoms with Gasteiger partial charge in [-0.3, -0.25) is 4.90 Å². The molecular weight excluding hydrogens is 274 g/mol. The van der Waals surface area contributed by atoms with E-state index < -0.39 is 0 Å². The molecule has 3 aliphatic heterocycles. The van der Waals surface area contributed by atoms with Gasteiger partial charge in [-0.2, -0.15) is 0 Å². The van der Waals surface area contributed by atoms with Crippen LogP contribution < -0.4 is 0 Å². The van der Waals surface area contributed by atoms with Crippen LogP contribution >= 0.6 is 0 Å². The third-order valence-electron chi connectivity index (χ3n) is 6.27. The summed E-state index contributed by atoms with van der Waals surface area (Å²) >= 11 is 0. The lowest BCUT2D eigenvalue weighted by Gasteiger charge is -2.38. The summed E-state index contributed by atoms with van der Waals surface area (Å²) in [4.78, 5) is 14.7. The molecule has 3 fully saturated rings. The van der Waals surface area contributed by atoms with Crippen molar-refractivity contribution in [2.45, 2.75) is 55.7 Å². The Hall–Kier alpha value is -1.61. The van der Waals surface area contributed by atoms with Gasteiger partial charge in [0.25, 0.3) is 0 Å². The van der Waals surface area contributed by atoms with E-state index in [1.165, 1.54) is 30.4 Å². The number of nitrogens with zero attached hydrogens (tertiary/aromatic N) is 1. The predicted molar refractivity (Wildman–Crippen MR) is 83.5 cm³/mol. The highest BCUT2D eigenvalue weighted by Gasteiger charge is 2.63. The van der Waals surface area contributed by atoms with Gasteiger partial charge in [0.15, 0.2) is 5.60 Å². The minimum absolute atomic E-state index is 0.116. The van der Waals surface area contributed by atoms with Gasteiger partial charge in [0.2, 0.25) is 0 Å². The normalized spacial score (nSPS) is 39.9. The second-order valence-corrected chi connectivity index (χ2v) is 7.22. The summed E-state index contributed by atoms with van der Waals surface area (Å²) < 4.78 is 5.92. The summed E-state index contributed by atoms with van der Waals surface area (Å²) in [7, 11) is 0. The maximum absolute atomic E-state index is 12.0. The monoisotopic (exact) mass is 295 g/mol. The molecule has 22 heavy (non-hydrogen) atoms. The van der Waals surface area contributed by atoms with E-state index in [9.17, 15) is 4.79 Å². The lowest BCUT2D eigenvalue weighted by Crippen LogP contribution is -2.48. The van der Waals surface area contributed by atoms with Crippen molar-refractivity contribution in [1.29, 1.82) is 0 Å². The number of hydrogen-bond acceptors (Lipinski definition) is 3. The molecule has 0 radical (unpaired) electrons. The lowest BCUT2D eigenvalue weighted by atomic mass is 9.71. The van der Waals surface area contributed by atoms with Crippen LogP contribution in [-0.4, -0.2) is 35.1 Å². The Morgan fingerprint density at radius 1 is 1.18 bits per heavy atom. The summed E-state index contributed by atoms with van der Waals surface area (Å²) in [6.07, 6.45) is 7.48. The summed E-state index contributed by atoms with van der Waals surface area (Å²) in [6, 6.07) is 11.8. The number of hydrogen-bond donors (Lipinski definition) is 0. The molecule has 4 aliphatic rings. The molecule has 3 heteroatoms. The molecule has 1 aromatic rings. The van der Waals surface area contributed by atoms with Crippen LogP contribution in [0.4, 0.5) is 0 Å². The molecule has 0 N–H and O–H groups in total. The first-order valence-corrected chi connectivity index (χ1v) is 8.53. The SMILES string of the molecule is O=C1C=C2C[C@@H](c3ccccc3)[C@@H]3C[C@@]2(O1)[C@H]1CCCCN31. The molecule has 0 aromatic heterocycles. The van der Waals surface area contributed by atoms with Crippen molar-refractivity contribution in [1.82, 2.24) is 4.90 Å². The zero-order chi connectivity index (χ0) is 14.7. The van der Waals surface area contributed by atoms with Crippen molar-refractivity contribution in [3.8, 4) is 0 Å². The number of carbonyl (C=O) groups is 1. The predicted octanol–water partition coefficient (Wildman–Crippen LogP) is 3.02. The van der Waals surface area contributed by atoms with E-state index >= 15 is 0 Å². The van der Waals surface area contributed by atoms with Crippen LogP contribution in [0.15, 0.2) is 42.0 Å². The Kier molecular flexibility index (Phi) is 2.61. The van der Waals surface area contributed by atoms with Gasteiger partial charge in [-0.05, 0) is 36.9 Å². The molecule has 0 amide bonds. The fourth-order valence-corrected chi connectivity index (χ4v) is 5.43. The van der Waals surface area contributed by atoms with Crippen LogP contribution in [0.2, 0.25) is 0 Å². The molecule has 1 saturated carbocycles. The third kappa shape index (κ3) is 1.58.